The summed E-state index contributed by atoms with van der Waals surface area (Å²) >= 11 is 5.62. The number of H-pyrrole nitrogens is 1. The summed E-state index contributed by atoms with van der Waals surface area (Å²) in [7, 11) is 0. The maximum absolute atomic E-state index is 14.1. The molecule has 0 aliphatic carbocycles. The number of aromatic nitrogens is 1. The molecule has 0 unspecified atom stereocenters. The number of nitrogens with one attached hydrogen (secondary N) is 2. The van der Waals surface area contributed by atoms with Crippen molar-refractivity contribution in [1.29, 1.82) is 0 Å². The fraction of sp³-hybridized carbons (Fsp3) is 0.333. The van der Waals surface area contributed by atoms with Crippen LogP contribution in [-0.2, 0) is 12.6 Å². The summed E-state index contributed by atoms with van der Waals surface area (Å²) in [6.07, 6.45) is -1.36. The Hall–Kier alpha value is -2.55. The quantitative estimate of drug-likeness (QED) is 0.674. The minimum Gasteiger partial charge on any atom is -0.329 e. The van der Waals surface area contributed by atoms with E-state index in [-0.39, 0.29) is 23.7 Å². The molecule has 10 heteroatoms. The van der Waals surface area contributed by atoms with Crippen LogP contribution in [0.5, 0.6) is 0 Å². The van der Waals surface area contributed by atoms with Crippen LogP contribution in [0.3, 0.4) is 0 Å². The zero-order chi connectivity index (χ0) is 20.2. The largest absolute Gasteiger partial charge is 0.417 e. The lowest BCUT2D eigenvalue weighted by Crippen LogP contribution is -2.44. The lowest BCUT2D eigenvalue weighted by Gasteiger charge is -2.36. The highest BCUT2D eigenvalue weighted by atomic mass is 35.5. The molecule has 2 N–H and O–H groups in total. The molecule has 28 heavy (non-hydrogen) atoms. The number of nitrogens with zero attached hydrogens (tertiary/aromatic N) is 1. The summed E-state index contributed by atoms with van der Waals surface area (Å²) in [5.41, 5.74) is -0.272. The van der Waals surface area contributed by atoms with Crippen molar-refractivity contribution in [2.45, 2.75) is 37.5 Å². The molecular weight excluding hydrogens is 402 g/mol. The van der Waals surface area contributed by atoms with Crippen molar-refractivity contribution in [3.63, 3.8) is 0 Å². The number of benzene rings is 1. The minimum absolute atomic E-state index is 0.174. The van der Waals surface area contributed by atoms with Gasteiger partial charge in [-0.25, -0.2) is 9.18 Å². The van der Waals surface area contributed by atoms with Crippen LogP contribution >= 0.6 is 11.6 Å². The van der Waals surface area contributed by atoms with Crippen LogP contribution in [0.1, 0.15) is 35.6 Å². The van der Waals surface area contributed by atoms with Gasteiger partial charge in [0, 0.05) is 18.3 Å². The van der Waals surface area contributed by atoms with Gasteiger partial charge in [-0.3, -0.25) is 4.79 Å². The first kappa shape index (κ1) is 18.8. The Kier molecular flexibility index (Phi) is 4.37. The van der Waals surface area contributed by atoms with E-state index in [0.717, 1.165) is 17.2 Å². The fourth-order valence-electron chi connectivity index (χ4n) is 4.00. The average Bonchev–Trinajstić information content (AvgIpc) is 2.92. The van der Waals surface area contributed by atoms with Gasteiger partial charge < -0.3 is 15.2 Å². The van der Waals surface area contributed by atoms with Gasteiger partial charge in [0.1, 0.15) is 5.82 Å². The van der Waals surface area contributed by atoms with Crippen molar-refractivity contribution < 1.29 is 22.4 Å². The predicted octanol–water partition coefficient (Wildman–Crippen LogP) is 4.48. The molecule has 2 aromatic rings. The highest BCUT2D eigenvalue weighted by molar-refractivity contribution is 6.31. The van der Waals surface area contributed by atoms with Crippen LogP contribution in [0.15, 0.2) is 29.2 Å². The number of hydrogen-bond donors (Lipinski definition) is 2. The molecule has 0 radical (unpaired) electrons. The second-order valence-corrected chi connectivity index (χ2v) is 7.28. The number of aromatic amines is 1. The van der Waals surface area contributed by atoms with E-state index in [9.17, 15) is 27.2 Å². The molecule has 2 atom stereocenters. The molecule has 1 saturated heterocycles. The molecular formula is C18H14ClF4N3O2. The van der Waals surface area contributed by atoms with Gasteiger partial charge in [-0.1, -0.05) is 11.6 Å². The Morgan fingerprint density at radius 2 is 2.00 bits per heavy atom. The van der Waals surface area contributed by atoms with Crippen molar-refractivity contribution in [3.8, 4) is 0 Å². The number of hydrogen-bond acceptors (Lipinski definition) is 2. The summed E-state index contributed by atoms with van der Waals surface area (Å²) < 4.78 is 52.6. The number of fused-ring (bicyclic) bond motifs is 4. The Labute approximate surface area is 161 Å². The molecule has 0 spiro atoms. The first-order valence-corrected chi connectivity index (χ1v) is 8.90. The summed E-state index contributed by atoms with van der Waals surface area (Å²) in [4.78, 5) is 28.4. The number of carbonyl (C=O) groups is 1. The normalized spacial score (nSPS) is 20.8. The smallest absolute Gasteiger partial charge is 0.329 e. The molecule has 2 bridgehead atoms. The lowest BCUT2D eigenvalue weighted by molar-refractivity contribution is -0.137. The van der Waals surface area contributed by atoms with E-state index in [0.29, 0.717) is 19.3 Å². The molecule has 2 amide bonds. The van der Waals surface area contributed by atoms with Crippen LogP contribution in [-0.4, -0.2) is 22.0 Å². The molecule has 0 saturated carbocycles. The molecule has 2 aliphatic heterocycles. The van der Waals surface area contributed by atoms with Crippen molar-refractivity contribution in [2.24, 2.45) is 0 Å². The van der Waals surface area contributed by atoms with Crippen molar-refractivity contribution in [1.82, 2.24) is 9.88 Å². The van der Waals surface area contributed by atoms with E-state index < -0.39 is 34.3 Å². The molecule has 148 valence electrons. The van der Waals surface area contributed by atoms with Crippen LogP contribution in [0.4, 0.5) is 28.0 Å². The zero-order valence-corrected chi connectivity index (χ0v) is 15.0. The third-order valence-corrected chi connectivity index (χ3v) is 5.51. The first-order chi connectivity index (χ1) is 13.1. The maximum atomic E-state index is 14.1. The predicted molar refractivity (Wildman–Crippen MR) is 93.8 cm³/mol. The molecule has 3 heterocycles. The number of amides is 2. The van der Waals surface area contributed by atoms with Crippen LogP contribution in [0, 0.1) is 5.82 Å². The van der Waals surface area contributed by atoms with E-state index in [1.54, 1.807) is 11.1 Å². The summed E-state index contributed by atoms with van der Waals surface area (Å²) in [5, 5.41) is 1.63. The second kappa shape index (κ2) is 6.51. The van der Waals surface area contributed by atoms with Crippen molar-refractivity contribution >= 4 is 23.3 Å². The molecule has 5 nitrogen and oxygen atoms in total. The molecule has 1 aromatic carbocycles. The number of alkyl halides is 3. The van der Waals surface area contributed by atoms with Crippen LogP contribution < -0.4 is 10.9 Å². The van der Waals surface area contributed by atoms with Gasteiger partial charge in [-0.2, -0.15) is 13.2 Å². The lowest BCUT2D eigenvalue weighted by atomic mass is 9.95. The van der Waals surface area contributed by atoms with Gasteiger partial charge >= 0.3 is 12.2 Å². The highest BCUT2D eigenvalue weighted by Crippen LogP contribution is 2.43. The average molecular weight is 416 g/mol. The van der Waals surface area contributed by atoms with Gasteiger partial charge in [-0.05, 0) is 42.5 Å². The number of rotatable bonds is 1. The summed E-state index contributed by atoms with van der Waals surface area (Å²) in [6, 6.07) is 1.44. The second-order valence-electron chi connectivity index (χ2n) is 6.88. The van der Waals surface area contributed by atoms with Crippen LogP contribution in [0.2, 0.25) is 5.02 Å². The maximum Gasteiger partial charge on any atom is 0.417 e. The van der Waals surface area contributed by atoms with Gasteiger partial charge in [0.15, 0.2) is 0 Å². The van der Waals surface area contributed by atoms with E-state index in [1.807, 2.05) is 0 Å². The summed E-state index contributed by atoms with van der Waals surface area (Å²) in [6.45, 7) is 0. The Balaban J connectivity index is 1.61. The Morgan fingerprint density at radius 3 is 2.71 bits per heavy atom. The van der Waals surface area contributed by atoms with E-state index in [4.69, 9.17) is 11.6 Å². The number of anilines is 1. The van der Waals surface area contributed by atoms with Gasteiger partial charge in [0.2, 0.25) is 5.56 Å². The van der Waals surface area contributed by atoms with E-state index >= 15 is 0 Å². The SMILES string of the molecule is O=C(Nc1cc(Cl)c(C(F)(F)F)cc1F)N1[C@@H]2CC[C@H]1c1c[nH]c(=O)cc1C2. The molecule has 1 aromatic heterocycles. The minimum atomic E-state index is -4.80. The standard InChI is InChI=1S/C18H14ClF4N3O2/c19-12-6-14(13(20)5-11(12)18(21,22)23)25-17(28)26-9-1-2-15(26)10-7-24-16(27)4-8(10)3-9/h4-7,9,15H,1-3H2,(H,24,27)(H,25,28)/t9-,15+/m1/s1. The fourth-order valence-corrected chi connectivity index (χ4v) is 4.27. The number of urea groups is 1. The van der Waals surface area contributed by atoms with Crippen molar-refractivity contribution in [2.75, 3.05) is 5.32 Å². The van der Waals surface area contributed by atoms with Crippen molar-refractivity contribution in [3.05, 3.63) is 62.3 Å². The van der Waals surface area contributed by atoms with E-state index in [1.165, 1.54) is 6.07 Å². The van der Waals surface area contributed by atoms with E-state index in [2.05, 4.69) is 10.3 Å². The molecule has 1 fully saturated rings. The summed E-state index contributed by atoms with van der Waals surface area (Å²) in [5.74, 6) is -1.22. The highest BCUT2D eigenvalue weighted by Gasteiger charge is 2.43. The van der Waals surface area contributed by atoms with Gasteiger partial charge in [-0.15, -0.1) is 0 Å². The number of halogens is 5. The third kappa shape index (κ3) is 3.13. The number of pyridine rings is 1. The first-order valence-electron chi connectivity index (χ1n) is 8.52. The van der Waals surface area contributed by atoms with Gasteiger partial charge in [0.05, 0.1) is 22.3 Å². The number of carbonyl (C=O) groups excluding carboxylic acids is 1. The topological polar surface area (TPSA) is 65.2 Å². The molecule has 4 rings (SSSR count). The Morgan fingerprint density at radius 1 is 1.25 bits per heavy atom. The zero-order valence-electron chi connectivity index (χ0n) is 14.2. The van der Waals surface area contributed by atoms with Gasteiger partial charge in [0.25, 0.3) is 0 Å². The monoisotopic (exact) mass is 415 g/mol. The third-order valence-electron chi connectivity index (χ3n) is 5.20. The molecule has 2 aliphatic rings. The van der Waals surface area contributed by atoms with Crippen LogP contribution in [0.25, 0.3) is 0 Å². The Bertz CT molecular complexity index is 1020.